The molecule has 0 amide bonds. The molecule has 1 aliphatic heterocycles. The van der Waals surface area contributed by atoms with Crippen molar-refractivity contribution in [2.45, 2.75) is 31.1 Å². The average Bonchev–Trinajstić information content (AvgIpc) is 3.24. The number of benzene rings is 1. The lowest BCUT2D eigenvalue weighted by Crippen LogP contribution is -2.26. The third kappa shape index (κ3) is 4.75. The van der Waals surface area contributed by atoms with Crippen molar-refractivity contribution in [1.82, 2.24) is 10.2 Å². The van der Waals surface area contributed by atoms with E-state index >= 15 is 0 Å². The van der Waals surface area contributed by atoms with Gasteiger partial charge in [-0.25, -0.2) is 0 Å². The van der Waals surface area contributed by atoms with Gasteiger partial charge in [-0.05, 0) is 44.3 Å². The van der Waals surface area contributed by atoms with Crippen LogP contribution >= 0.6 is 11.8 Å². The number of nitrogens with zero attached hydrogens (tertiary/aromatic N) is 2. The van der Waals surface area contributed by atoms with E-state index in [9.17, 15) is 0 Å². The van der Waals surface area contributed by atoms with E-state index in [1.807, 2.05) is 11.8 Å². The van der Waals surface area contributed by atoms with Crippen LogP contribution in [0.2, 0.25) is 0 Å². The molecule has 0 spiro atoms. The van der Waals surface area contributed by atoms with E-state index in [1.165, 1.54) is 23.6 Å². The zero-order valence-electron chi connectivity index (χ0n) is 12.8. The molecule has 3 nitrogen and oxygen atoms in total. The largest absolute Gasteiger partial charge is 0.365 e. The summed E-state index contributed by atoms with van der Waals surface area (Å²) in [5.74, 6) is 0.954. The van der Waals surface area contributed by atoms with Crippen LogP contribution in [0.5, 0.6) is 0 Å². The summed E-state index contributed by atoms with van der Waals surface area (Å²) in [6, 6.07) is 10.7. The summed E-state index contributed by atoms with van der Waals surface area (Å²) < 4.78 is 0. The average molecular weight is 303 g/mol. The summed E-state index contributed by atoms with van der Waals surface area (Å²) in [5.41, 5.74) is 1.39. The zero-order valence-corrected chi connectivity index (χ0v) is 13.6. The number of hydrogen-bond donors (Lipinski definition) is 1. The number of aliphatic imine (C=N–C) groups is 1. The second-order valence-electron chi connectivity index (χ2n) is 6.14. The molecule has 1 aliphatic carbocycles. The summed E-state index contributed by atoms with van der Waals surface area (Å²) >= 11 is 1.97. The molecule has 1 unspecified atom stereocenters. The number of thioether (sulfide) groups is 1. The van der Waals surface area contributed by atoms with Crippen molar-refractivity contribution in [3.8, 4) is 0 Å². The third-order valence-electron chi connectivity index (χ3n) is 4.11. The molecular formula is C17H25N3S. The van der Waals surface area contributed by atoms with Crippen LogP contribution in [0.25, 0.3) is 0 Å². The van der Waals surface area contributed by atoms with Crippen LogP contribution < -0.4 is 5.32 Å². The first-order valence-electron chi connectivity index (χ1n) is 7.99. The maximum atomic E-state index is 4.62. The number of amidine groups is 1. The molecule has 0 bridgehead atoms. The van der Waals surface area contributed by atoms with Gasteiger partial charge in [-0.2, -0.15) is 0 Å². The van der Waals surface area contributed by atoms with E-state index in [4.69, 9.17) is 0 Å². The highest BCUT2D eigenvalue weighted by molar-refractivity contribution is 8.14. The molecule has 3 rings (SSSR count). The Morgan fingerprint density at radius 3 is 2.86 bits per heavy atom. The predicted molar refractivity (Wildman–Crippen MR) is 91.8 cm³/mol. The Kier molecular flexibility index (Phi) is 5.20. The van der Waals surface area contributed by atoms with Crippen LogP contribution in [-0.4, -0.2) is 42.0 Å². The Morgan fingerprint density at radius 1 is 1.29 bits per heavy atom. The van der Waals surface area contributed by atoms with Crippen molar-refractivity contribution >= 4 is 16.9 Å². The lowest BCUT2D eigenvalue weighted by atomic mass is 10.2. The van der Waals surface area contributed by atoms with Gasteiger partial charge in [-0.3, -0.25) is 4.99 Å². The quantitative estimate of drug-likeness (QED) is 0.785. The third-order valence-corrected chi connectivity index (χ3v) is 5.45. The van der Waals surface area contributed by atoms with Gasteiger partial charge < -0.3 is 10.2 Å². The van der Waals surface area contributed by atoms with Crippen LogP contribution in [0.15, 0.2) is 35.3 Å². The summed E-state index contributed by atoms with van der Waals surface area (Å²) in [6.07, 6.45) is 4.01. The minimum Gasteiger partial charge on any atom is -0.365 e. The van der Waals surface area contributed by atoms with E-state index in [-0.39, 0.29) is 0 Å². The maximum absolute atomic E-state index is 4.62. The lowest BCUT2D eigenvalue weighted by Gasteiger charge is -2.17. The summed E-state index contributed by atoms with van der Waals surface area (Å²) in [6.45, 7) is 4.21. The molecular weight excluding hydrogens is 278 g/mol. The lowest BCUT2D eigenvalue weighted by molar-refractivity contribution is 0.322. The molecule has 1 saturated carbocycles. The second-order valence-corrected chi connectivity index (χ2v) is 7.37. The standard InChI is InChI=1S/C17H25N3S/c1-20(13-14-6-3-2-4-7-14)11-5-10-18-17-19-12-16(21-17)15-8-9-15/h2-4,6-7,15-16H,5,8-13H2,1H3,(H,18,19). The van der Waals surface area contributed by atoms with Crippen molar-refractivity contribution in [2.75, 3.05) is 26.7 Å². The molecule has 0 saturated heterocycles. The first-order chi connectivity index (χ1) is 10.3. The molecule has 21 heavy (non-hydrogen) atoms. The van der Waals surface area contributed by atoms with Gasteiger partial charge in [0.2, 0.25) is 0 Å². The van der Waals surface area contributed by atoms with Gasteiger partial charge in [-0.1, -0.05) is 42.1 Å². The van der Waals surface area contributed by atoms with Crippen molar-refractivity contribution in [3.05, 3.63) is 35.9 Å². The van der Waals surface area contributed by atoms with Crippen LogP contribution in [0.3, 0.4) is 0 Å². The van der Waals surface area contributed by atoms with Gasteiger partial charge in [0.1, 0.15) is 0 Å². The van der Waals surface area contributed by atoms with E-state index < -0.39 is 0 Å². The molecule has 1 aromatic rings. The number of hydrogen-bond acceptors (Lipinski definition) is 4. The van der Waals surface area contributed by atoms with Crippen molar-refractivity contribution in [3.63, 3.8) is 0 Å². The van der Waals surface area contributed by atoms with Crippen LogP contribution in [0.4, 0.5) is 0 Å². The van der Waals surface area contributed by atoms with Crippen molar-refractivity contribution in [1.29, 1.82) is 0 Å². The van der Waals surface area contributed by atoms with Crippen molar-refractivity contribution in [2.24, 2.45) is 10.9 Å². The van der Waals surface area contributed by atoms with Gasteiger partial charge in [-0.15, -0.1) is 0 Å². The molecule has 0 aromatic heterocycles. The Bertz CT molecular complexity index is 470. The molecule has 4 heteroatoms. The summed E-state index contributed by atoms with van der Waals surface area (Å²) in [4.78, 5) is 7.00. The van der Waals surface area contributed by atoms with Gasteiger partial charge in [0.05, 0.1) is 6.54 Å². The predicted octanol–water partition coefficient (Wildman–Crippen LogP) is 2.98. The highest BCUT2D eigenvalue weighted by Crippen LogP contribution is 2.41. The topological polar surface area (TPSA) is 27.6 Å². The van der Waals surface area contributed by atoms with Crippen LogP contribution in [0.1, 0.15) is 24.8 Å². The first-order valence-corrected chi connectivity index (χ1v) is 8.86. The van der Waals surface area contributed by atoms with E-state index in [0.29, 0.717) is 0 Å². The Morgan fingerprint density at radius 2 is 2.10 bits per heavy atom. The number of nitrogens with one attached hydrogen (secondary N) is 1. The molecule has 114 valence electrons. The van der Waals surface area contributed by atoms with Crippen LogP contribution in [-0.2, 0) is 6.54 Å². The molecule has 1 heterocycles. The molecule has 1 aromatic carbocycles. The molecule has 2 aliphatic rings. The Labute approximate surface area is 132 Å². The normalized spacial score (nSPS) is 21.6. The monoisotopic (exact) mass is 303 g/mol. The SMILES string of the molecule is CN(CCCNC1=NCC(C2CC2)S1)Cc1ccccc1. The fourth-order valence-corrected chi connectivity index (χ4v) is 3.96. The van der Waals surface area contributed by atoms with Gasteiger partial charge in [0.15, 0.2) is 5.17 Å². The summed E-state index contributed by atoms with van der Waals surface area (Å²) in [7, 11) is 2.19. The molecule has 0 radical (unpaired) electrons. The Hall–Kier alpha value is -1.00. The van der Waals surface area contributed by atoms with Crippen molar-refractivity contribution < 1.29 is 0 Å². The highest BCUT2D eigenvalue weighted by Gasteiger charge is 2.35. The summed E-state index contributed by atoms with van der Waals surface area (Å²) in [5, 5.41) is 5.45. The van der Waals surface area contributed by atoms with E-state index in [2.05, 4.69) is 52.6 Å². The minimum atomic E-state index is 0.772. The first kappa shape index (κ1) is 14.9. The maximum Gasteiger partial charge on any atom is 0.156 e. The Balaban J connectivity index is 1.28. The number of rotatable bonds is 7. The van der Waals surface area contributed by atoms with Gasteiger partial charge in [0, 0.05) is 18.3 Å². The molecule has 1 fully saturated rings. The fourth-order valence-electron chi connectivity index (χ4n) is 2.72. The smallest absolute Gasteiger partial charge is 0.156 e. The van der Waals surface area contributed by atoms with Gasteiger partial charge in [0.25, 0.3) is 0 Å². The minimum absolute atomic E-state index is 0.772. The molecule has 1 N–H and O–H groups in total. The van der Waals surface area contributed by atoms with Crippen LogP contribution in [0, 0.1) is 5.92 Å². The highest BCUT2D eigenvalue weighted by atomic mass is 32.2. The van der Waals surface area contributed by atoms with Gasteiger partial charge >= 0.3 is 0 Å². The van der Waals surface area contributed by atoms with E-state index in [0.717, 1.165) is 43.8 Å². The van der Waals surface area contributed by atoms with E-state index in [1.54, 1.807) is 0 Å². The molecule has 1 atom stereocenters. The second kappa shape index (κ2) is 7.32. The zero-order chi connectivity index (χ0) is 14.5. The fraction of sp³-hybridized carbons (Fsp3) is 0.588.